The number of hydrogen-bond acceptors (Lipinski definition) is 2. The van der Waals surface area contributed by atoms with Crippen molar-refractivity contribution in [2.45, 2.75) is 44.1 Å². The molecule has 2 aliphatic rings. The van der Waals surface area contributed by atoms with Crippen LogP contribution in [0, 0.1) is 0 Å². The van der Waals surface area contributed by atoms with Crippen molar-refractivity contribution < 1.29 is 9.90 Å². The number of halogens is 1. The van der Waals surface area contributed by atoms with Crippen LogP contribution in [0.2, 0.25) is 5.02 Å². The maximum atomic E-state index is 11.5. The van der Waals surface area contributed by atoms with Crippen LogP contribution in [-0.4, -0.2) is 29.1 Å². The van der Waals surface area contributed by atoms with E-state index < -0.39 is 11.4 Å². The molecular formula is C16H20ClNO2. The molecule has 0 amide bonds. The third-order valence-corrected chi connectivity index (χ3v) is 5.17. The molecule has 0 aromatic heterocycles. The highest BCUT2D eigenvalue weighted by atomic mass is 35.5. The maximum absolute atomic E-state index is 11.5. The summed E-state index contributed by atoms with van der Waals surface area (Å²) in [6, 6.07) is 5.85. The van der Waals surface area contributed by atoms with Crippen molar-refractivity contribution in [1.82, 2.24) is 4.90 Å². The zero-order valence-corrected chi connectivity index (χ0v) is 12.3. The van der Waals surface area contributed by atoms with E-state index in [1.807, 2.05) is 18.2 Å². The predicted octanol–water partition coefficient (Wildman–Crippen LogP) is 3.44. The second-order valence-corrected chi connectivity index (χ2v) is 6.44. The quantitative estimate of drug-likeness (QED) is 0.924. The summed E-state index contributed by atoms with van der Waals surface area (Å²) in [5.74, 6) is -0.716. The molecule has 108 valence electrons. The van der Waals surface area contributed by atoms with Crippen molar-refractivity contribution in [3.8, 4) is 0 Å². The number of likely N-dealkylation sites (tertiary alicyclic amines) is 1. The van der Waals surface area contributed by atoms with Gasteiger partial charge in [0, 0.05) is 11.6 Å². The minimum Gasteiger partial charge on any atom is -0.481 e. The topological polar surface area (TPSA) is 40.5 Å². The highest BCUT2D eigenvalue weighted by Crippen LogP contribution is 2.44. The van der Waals surface area contributed by atoms with Crippen LogP contribution in [0.1, 0.15) is 43.2 Å². The fraction of sp³-hybridized carbons (Fsp3) is 0.562. The van der Waals surface area contributed by atoms with Crippen LogP contribution in [0.3, 0.4) is 0 Å². The summed E-state index contributed by atoms with van der Waals surface area (Å²) < 4.78 is 0. The normalized spacial score (nSPS) is 21.6. The predicted molar refractivity (Wildman–Crippen MR) is 79.1 cm³/mol. The number of benzene rings is 1. The second-order valence-electron chi connectivity index (χ2n) is 6.03. The van der Waals surface area contributed by atoms with Crippen LogP contribution in [0.4, 0.5) is 0 Å². The molecule has 1 N–H and O–H groups in total. The molecule has 0 unspecified atom stereocenters. The van der Waals surface area contributed by atoms with E-state index >= 15 is 0 Å². The molecule has 3 rings (SSSR count). The van der Waals surface area contributed by atoms with Gasteiger partial charge in [-0.3, -0.25) is 9.69 Å². The molecule has 1 aliphatic carbocycles. The van der Waals surface area contributed by atoms with Gasteiger partial charge in [0.05, 0.1) is 5.41 Å². The molecule has 1 aliphatic heterocycles. The summed E-state index contributed by atoms with van der Waals surface area (Å²) in [4.78, 5) is 13.9. The number of nitrogens with zero attached hydrogens (tertiary/aromatic N) is 1. The van der Waals surface area contributed by atoms with Crippen LogP contribution < -0.4 is 0 Å². The summed E-state index contributed by atoms with van der Waals surface area (Å²) in [5, 5.41) is 10.2. The van der Waals surface area contributed by atoms with Gasteiger partial charge in [-0.2, -0.15) is 0 Å². The highest BCUT2D eigenvalue weighted by molar-refractivity contribution is 6.31. The molecule has 0 bridgehead atoms. The Bertz CT molecular complexity index is 519. The van der Waals surface area contributed by atoms with Crippen molar-refractivity contribution in [2.24, 2.45) is 0 Å². The van der Waals surface area contributed by atoms with E-state index in [0.29, 0.717) is 5.02 Å². The van der Waals surface area contributed by atoms with Crippen LogP contribution in [0.25, 0.3) is 0 Å². The largest absolute Gasteiger partial charge is 0.481 e. The zero-order chi connectivity index (χ0) is 14.2. The van der Waals surface area contributed by atoms with Gasteiger partial charge in [-0.15, -0.1) is 0 Å². The van der Waals surface area contributed by atoms with Gasteiger partial charge in [-0.05, 0) is 56.0 Å². The molecule has 0 radical (unpaired) electrons. The van der Waals surface area contributed by atoms with Crippen LogP contribution in [0.5, 0.6) is 0 Å². The molecule has 1 saturated carbocycles. The van der Waals surface area contributed by atoms with E-state index in [9.17, 15) is 9.90 Å². The molecule has 2 fully saturated rings. The van der Waals surface area contributed by atoms with Gasteiger partial charge in [0.1, 0.15) is 0 Å². The number of carbonyl (C=O) groups is 1. The van der Waals surface area contributed by atoms with Gasteiger partial charge in [0.25, 0.3) is 0 Å². The van der Waals surface area contributed by atoms with Gasteiger partial charge in [0.2, 0.25) is 0 Å². The van der Waals surface area contributed by atoms with Crippen LogP contribution in [0.15, 0.2) is 18.2 Å². The molecular weight excluding hydrogens is 274 g/mol. The second kappa shape index (κ2) is 5.38. The highest BCUT2D eigenvalue weighted by Gasteiger charge is 2.46. The number of rotatable bonds is 4. The van der Waals surface area contributed by atoms with E-state index in [2.05, 4.69) is 4.90 Å². The number of carboxylic acids is 1. The van der Waals surface area contributed by atoms with E-state index in [0.717, 1.165) is 50.0 Å². The average Bonchev–Trinajstić information content (AvgIpc) is 2.83. The minimum absolute atomic E-state index is 0.685. The third-order valence-electron chi connectivity index (χ3n) is 4.81. The van der Waals surface area contributed by atoms with Gasteiger partial charge >= 0.3 is 5.97 Å². The monoisotopic (exact) mass is 293 g/mol. The van der Waals surface area contributed by atoms with Crippen molar-refractivity contribution >= 4 is 17.6 Å². The lowest BCUT2D eigenvalue weighted by atomic mass is 9.64. The summed E-state index contributed by atoms with van der Waals surface area (Å²) in [6.07, 6.45) is 4.96. The molecule has 1 heterocycles. The molecule has 1 saturated heterocycles. The van der Waals surface area contributed by atoms with Crippen molar-refractivity contribution in [3.63, 3.8) is 0 Å². The van der Waals surface area contributed by atoms with Crippen molar-refractivity contribution in [3.05, 3.63) is 34.3 Å². The van der Waals surface area contributed by atoms with Gasteiger partial charge in [0.15, 0.2) is 0 Å². The number of carboxylic acid groups (broad SMARTS) is 1. The first-order valence-corrected chi connectivity index (χ1v) is 7.74. The lowest BCUT2D eigenvalue weighted by molar-refractivity contribution is -0.147. The Balaban J connectivity index is 1.81. The molecule has 1 aromatic carbocycles. The van der Waals surface area contributed by atoms with Crippen molar-refractivity contribution in [2.75, 3.05) is 13.1 Å². The Kier molecular flexibility index (Phi) is 3.74. The molecule has 3 nitrogen and oxygen atoms in total. The lowest BCUT2D eigenvalue weighted by Crippen LogP contribution is -2.42. The van der Waals surface area contributed by atoms with Gasteiger partial charge in [-0.25, -0.2) is 0 Å². The average molecular weight is 294 g/mol. The first-order valence-electron chi connectivity index (χ1n) is 7.36. The standard InChI is InChI=1S/C16H20ClNO2/c17-14-10-13(16(15(19)20)6-3-7-16)5-4-12(14)11-18-8-1-2-9-18/h4-5,10H,1-3,6-9,11H2,(H,19,20). The molecule has 0 spiro atoms. The first kappa shape index (κ1) is 13.9. The minimum atomic E-state index is -0.716. The van der Waals surface area contributed by atoms with E-state index in [1.54, 1.807) is 0 Å². The Morgan fingerprint density at radius 2 is 1.95 bits per heavy atom. The number of hydrogen-bond donors (Lipinski definition) is 1. The first-order chi connectivity index (χ1) is 9.62. The van der Waals surface area contributed by atoms with Crippen LogP contribution >= 0.6 is 11.6 Å². The summed E-state index contributed by atoms with van der Waals surface area (Å²) in [5.41, 5.74) is 1.29. The third kappa shape index (κ3) is 2.33. The Labute approximate surface area is 124 Å². The Hall–Kier alpha value is -1.06. The number of aliphatic carboxylic acids is 1. The van der Waals surface area contributed by atoms with Gasteiger partial charge in [-0.1, -0.05) is 30.2 Å². The van der Waals surface area contributed by atoms with Crippen molar-refractivity contribution in [1.29, 1.82) is 0 Å². The smallest absolute Gasteiger partial charge is 0.314 e. The fourth-order valence-electron chi connectivity index (χ4n) is 3.31. The fourth-order valence-corrected chi connectivity index (χ4v) is 3.55. The lowest BCUT2D eigenvalue weighted by Gasteiger charge is -2.38. The summed E-state index contributed by atoms with van der Waals surface area (Å²) >= 11 is 6.38. The molecule has 4 heteroatoms. The maximum Gasteiger partial charge on any atom is 0.314 e. The summed E-state index contributed by atoms with van der Waals surface area (Å²) in [6.45, 7) is 3.15. The summed E-state index contributed by atoms with van der Waals surface area (Å²) in [7, 11) is 0. The van der Waals surface area contributed by atoms with Crippen LogP contribution in [-0.2, 0) is 16.8 Å². The Morgan fingerprint density at radius 1 is 1.25 bits per heavy atom. The Morgan fingerprint density at radius 3 is 2.45 bits per heavy atom. The molecule has 1 aromatic rings. The van der Waals surface area contributed by atoms with E-state index in [-0.39, 0.29) is 0 Å². The molecule has 20 heavy (non-hydrogen) atoms. The SMILES string of the molecule is O=C(O)C1(c2ccc(CN3CCCC3)c(Cl)c2)CCC1. The van der Waals surface area contributed by atoms with Gasteiger partial charge < -0.3 is 5.11 Å². The van der Waals surface area contributed by atoms with E-state index in [1.165, 1.54) is 12.8 Å². The van der Waals surface area contributed by atoms with E-state index in [4.69, 9.17) is 11.6 Å². The zero-order valence-electron chi connectivity index (χ0n) is 11.6. The molecule has 0 atom stereocenters.